The van der Waals surface area contributed by atoms with Gasteiger partial charge in [0.25, 0.3) is 5.56 Å². The van der Waals surface area contributed by atoms with Gasteiger partial charge in [0.05, 0.1) is 24.4 Å². The third-order valence-electron chi connectivity index (χ3n) is 4.84. The van der Waals surface area contributed by atoms with E-state index in [9.17, 15) is 10.1 Å². The minimum Gasteiger partial charge on any atom is -0.290 e. The van der Waals surface area contributed by atoms with E-state index in [-0.39, 0.29) is 11.1 Å². The predicted molar refractivity (Wildman–Crippen MR) is 119 cm³/mol. The highest BCUT2D eigenvalue weighted by Crippen LogP contribution is 2.23. The summed E-state index contributed by atoms with van der Waals surface area (Å²) in [5.74, 6) is 0.700. The molecule has 148 valence electrons. The lowest BCUT2D eigenvalue weighted by atomic mass is 9.99. The summed E-state index contributed by atoms with van der Waals surface area (Å²) >= 11 is 3.28. The third kappa shape index (κ3) is 3.87. The molecular weight excluding hydrogens is 442 g/mol. The van der Waals surface area contributed by atoms with Crippen LogP contribution in [0.2, 0.25) is 0 Å². The molecule has 7 heteroatoms. The van der Waals surface area contributed by atoms with Crippen LogP contribution in [0.1, 0.15) is 30.3 Å². The van der Waals surface area contributed by atoms with Crippen LogP contribution in [-0.2, 0) is 13.0 Å². The lowest BCUT2D eigenvalue weighted by Crippen LogP contribution is -2.27. The van der Waals surface area contributed by atoms with Crippen molar-refractivity contribution in [2.45, 2.75) is 26.3 Å². The summed E-state index contributed by atoms with van der Waals surface area (Å²) in [5.41, 5.74) is 3.88. The van der Waals surface area contributed by atoms with Gasteiger partial charge in [0.15, 0.2) is 11.2 Å². The highest BCUT2D eigenvalue weighted by atomic mass is 79.9. The van der Waals surface area contributed by atoms with E-state index < -0.39 is 0 Å². The molecule has 2 aromatic carbocycles. The molecule has 4 rings (SSSR count). The molecule has 0 unspecified atom stereocenters. The number of aromatic nitrogens is 4. The Morgan fingerprint density at radius 3 is 2.60 bits per heavy atom. The molecule has 0 atom stereocenters. The Morgan fingerprint density at radius 1 is 1.10 bits per heavy atom. The van der Waals surface area contributed by atoms with E-state index >= 15 is 0 Å². The monoisotopic (exact) mass is 459 g/mol. The minimum absolute atomic E-state index is 0.198. The average Bonchev–Trinajstić information content (AvgIpc) is 2.77. The summed E-state index contributed by atoms with van der Waals surface area (Å²) in [5, 5.41) is 9.34. The highest BCUT2D eigenvalue weighted by Gasteiger charge is 2.14. The van der Waals surface area contributed by atoms with Gasteiger partial charge in [-0.2, -0.15) is 5.26 Å². The predicted octanol–water partition coefficient (Wildman–Crippen LogP) is 4.49. The quantitative estimate of drug-likeness (QED) is 0.438. The van der Waals surface area contributed by atoms with E-state index in [1.807, 2.05) is 42.5 Å². The van der Waals surface area contributed by atoms with Crippen molar-refractivity contribution in [3.05, 3.63) is 86.6 Å². The molecule has 0 fully saturated rings. The van der Waals surface area contributed by atoms with Crippen LogP contribution in [0.4, 0.5) is 0 Å². The van der Waals surface area contributed by atoms with Crippen LogP contribution in [0.25, 0.3) is 22.3 Å². The maximum absolute atomic E-state index is 13.1. The van der Waals surface area contributed by atoms with Gasteiger partial charge in [0.2, 0.25) is 0 Å². The molecule has 0 N–H and O–H groups in total. The van der Waals surface area contributed by atoms with Crippen molar-refractivity contribution in [2.75, 3.05) is 0 Å². The Balaban J connectivity index is 1.73. The number of fused-ring (bicyclic) bond motifs is 1. The fourth-order valence-corrected chi connectivity index (χ4v) is 3.68. The lowest BCUT2D eigenvalue weighted by Gasteiger charge is -2.13. The zero-order valence-electron chi connectivity index (χ0n) is 16.3. The maximum atomic E-state index is 13.1. The fourth-order valence-electron chi connectivity index (χ4n) is 3.40. The van der Waals surface area contributed by atoms with Crippen molar-refractivity contribution < 1.29 is 0 Å². The second-order valence-corrected chi connectivity index (χ2v) is 7.70. The molecule has 0 saturated heterocycles. The van der Waals surface area contributed by atoms with Gasteiger partial charge in [-0.15, -0.1) is 0 Å². The van der Waals surface area contributed by atoms with Crippen molar-refractivity contribution in [1.82, 2.24) is 19.5 Å². The summed E-state index contributed by atoms with van der Waals surface area (Å²) in [7, 11) is 0. The van der Waals surface area contributed by atoms with Gasteiger partial charge >= 0.3 is 0 Å². The van der Waals surface area contributed by atoms with Gasteiger partial charge < -0.3 is 0 Å². The molecule has 0 saturated carbocycles. The van der Waals surface area contributed by atoms with Crippen LogP contribution >= 0.6 is 15.9 Å². The van der Waals surface area contributed by atoms with E-state index in [1.165, 1.54) is 0 Å². The number of hydrogen-bond acceptors (Lipinski definition) is 5. The standard InChI is InChI=1S/C23H18BrN5O/c1-2-5-20-28-22-21(27-19(24)13-26-22)23(30)29(20)14-15-8-10-16(11-9-15)18-7-4-3-6-17(18)12-25/h3-4,6-11,13H,2,5,14H2,1H3. The van der Waals surface area contributed by atoms with Gasteiger partial charge in [-0.05, 0) is 45.1 Å². The molecule has 30 heavy (non-hydrogen) atoms. The summed E-state index contributed by atoms with van der Waals surface area (Å²) in [6, 6.07) is 17.6. The number of nitrogens with zero attached hydrogens (tertiary/aromatic N) is 5. The smallest absolute Gasteiger partial charge is 0.282 e. The fraction of sp³-hybridized carbons (Fsp3) is 0.174. The Hall–Kier alpha value is -3.37. The first-order chi connectivity index (χ1) is 14.6. The molecule has 6 nitrogen and oxygen atoms in total. The average molecular weight is 460 g/mol. The zero-order chi connectivity index (χ0) is 21.1. The maximum Gasteiger partial charge on any atom is 0.282 e. The minimum atomic E-state index is -0.198. The lowest BCUT2D eigenvalue weighted by molar-refractivity contribution is 0.662. The van der Waals surface area contributed by atoms with Crippen LogP contribution < -0.4 is 5.56 Å². The van der Waals surface area contributed by atoms with Gasteiger partial charge in [-0.1, -0.05) is 49.4 Å². The first kappa shape index (κ1) is 19.9. The number of nitriles is 1. The molecule has 0 aliphatic carbocycles. The Bertz CT molecular complexity index is 1320. The van der Waals surface area contributed by atoms with Crippen LogP contribution in [0, 0.1) is 11.3 Å². The number of benzene rings is 2. The molecule has 0 spiro atoms. The zero-order valence-corrected chi connectivity index (χ0v) is 17.9. The van der Waals surface area contributed by atoms with Gasteiger partial charge in [-0.25, -0.2) is 15.0 Å². The Morgan fingerprint density at radius 2 is 1.87 bits per heavy atom. The first-order valence-corrected chi connectivity index (χ1v) is 10.4. The van der Waals surface area contributed by atoms with Crippen molar-refractivity contribution >= 4 is 27.1 Å². The van der Waals surface area contributed by atoms with E-state index in [1.54, 1.807) is 16.8 Å². The largest absolute Gasteiger partial charge is 0.290 e. The molecule has 0 aliphatic heterocycles. The van der Waals surface area contributed by atoms with Crippen LogP contribution in [0.5, 0.6) is 0 Å². The summed E-state index contributed by atoms with van der Waals surface area (Å²) in [4.78, 5) is 26.2. The van der Waals surface area contributed by atoms with Crippen molar-refractivity contribution in [3.8, 4) is 17.2 Å². The summed E-state index contributed by atoms with van der Waals surface area (Å²) in [6.07, 6.45) is 3.09. The normalized spacial score (nSPS) is 10.8. The molecular formula is C23H18BrN5O. The van der Waals surface area contributed by atoms with Crippen LogP contribution in [0.3, 0.4) is 0 Å². The molecule has 2 heterocycles. The van der Waals surface area contributed by atoms with Crippen molar-refractivity contribution in [1.29, 1.82) is 5.26 Å². The number of hydrogen-bond donors (Lipinski definition) is 0. The van der Waals surface area contributed by atoms with E-state index in [4.69, 9.17) is 0 Å². The topological polar surface area (TPSA) is 84.5 Å². The van der Waals surface area contributed by atoms with Crippen molar-refractivity contribution in [2.24, 2.45) is 0 Å². The molecule has 2 aromatic heterocycles. The molecule has 0 bridgehead atoms. The molecule has 0 aliphatic rings. The second-order valence-electron chi connectivity index (χ2n) is 6.89. The Kier molecular flexibility index (Phi) is 5.68. The number of rotatable bonds is 5. The summed E-state index contributed by atoms with van der Waals surface area (Å²) in [6.45, 7) is 2.45. The van der Waals surface area contributed by atoms with Crippen molar-refractivity contribution in [3.63, 3.8) is 0 Å². The molecule has 0 amide bonds. The van der Waals surface area contributed by atoms with Crippen LogP contribution in [-0.4, -0.2) is 19.5 Å². The van der Waals surface area contributed by atoms with E-state index in [0.717, 1.165) is 23.1 Å². The van der Waals surface area contributed by atoms with E-state index in [0.29, 0.717) is 34.6 Å². The number of halogens is 1. The number of aryl methyl sites for hydroxylation is 1. The molecule has 4 aromatic rings. The van der Waals surface area contributed by atoms with Gasteiger partial charge in [-0.3, -0.25) is 9.36 Å². The van der Waals surface area contributed by atoms with Crippen LogP contribution in [0.15, 0.2) is 64.1 Å². The summed E-state index contributed by atoms with van der Waals surface area (Å²) < 4.78 is 2.18. The van der Waals surface area contributed by atoms with Gasteiger partial charge in [0, 0.05) is 6.42 Å². The Labute approximate surface area is 182 Å². The molecule has 0 radical (unpaired) electrons. The third-order valence-corrected chi connectivity index (χ3v) is 5.23. The van der Waals surface area contributed by atoms with Gasteiger partial charge in [0.1, 0.15) is 10.4 Å². The van der Waals surface area contributed by atoms with E-state index in [2.05, 4.69) is 43.9 Å². The first-order valence-electron chi connectivity index (χ1n) is 9.61. The second kappa shape index (κ2) is 8.56. The SMILES string of the molecule is CCCc1nc2ncc(Br)nc2c(=O)n1Cc1ccc(-c2ccccc2C#N)cc1. The highest BCUT2D eigenvalue weighted by molar-refractivity contribution is 9.10.